The van der Waals surface area contributed by atoms with Crippen molar-refractivity contribution in [1.29, 1.82) is 0 Å². The second-order valence-corrected chi connectivity index (χ2v) is 5.13. The highest BCUT2D eigenvalue weighted by molar-refractivity contribution is 5.44. The van der Waals surface area contributed by atoms with Crippen LogP contribution in [0, 0.1) is 23.0 Å². The maximum absolute atomic E-state index is 13.6. The molecule has 2 nitrogen and oxygen atoms in total. The van der Waals surface area contributed by atoms with E-state index >= 15 is 0 Å². The van der Waals surface area contributed by atoms with Gasteiger partial charge in [-0.15, -0.1) is 0 Å². The molecule has 0 amide bonds. The Balaban J connectivity index is 2.45. The molecule has 1 saturated carbocycles. The summed E-state index contributed by atoms with van der Waals surface area (Å²) in [6.45, 7) is 4.70. The average molecular weight is 241 g/mol. The minimum absolute atomic E-state index is 0.0130. The Hall–Kier alpha value is -1.16. The van der Waals surface area contributed by atoms with Crippen molar-refractivity contribution >= 4 is 0 Å². The van der Waals surface area contributed by atoms with Gasteiger partial charge >= 0.3 is 0 Å². The third-order valence-electron chi connectivity index (χ3n) is 3.92. The first-order valence-electron chi connectivity index (χ1n) is 5.67. The van der Waals surface area contributed by atoms with E-state index in [1.54, 1.807) is 6.07 Å². The van der Waals surface area contributed by atoms with Crippen LogP contribution in [0.5, 0.6) is 5.75 Å². The van der Waals surface area contributed by atoms with E-state index in [0.29, 0.717) is 18.0 Å². The highest BCUT2D eigenvalue weighted by atomic mass is 19.2. The summed E-state index contributed by atoms with van der Waals surface area (Å²) in [5.74, 6) is -1.35. The van der Waals surface area contributed by atoms with Crippen LogP contribution >= 0.6 is 0 Å². The standard InChI is InChI=1S/C13H17F2NO/c1-13(2)8(6-16)10(13)7-4-5-9(14)11(15)12(7)17-3/h4-5,8,10H,6,16H2,1-3H3. The predicted molar refractivity (Wildman–Crippen MR) is 62.0 cm³/mol. The van der Waals surface area contributed by atoms with Gasteiger partial charge in [-0.1, -0.05) is 19.9 Å². The van der Waals surface area contributed by atoms with Gasteiger partial charge in [0.15, 0.2) is 11.6 Å². The van der Waals surface area contributed by atoms with Crippen molar-refractivity contribution in [3.05, 3.63) is 29.3 Å². The average Bonchev–Trinajstić information content (AvgIpc) is 2.84. The van der Waals surface area contributed by atoms with E-state index in [-0.39, 0.29) is 17.1 Å². The van der Waals surface area contributed by atoms with Crippen molar-refractivity contribution in [2.75, 3.05) is 13.7 Å². The lowest BCUT2D eigenvalue weighted by Gasteiger charge is -2.11. The number of nitrogens with two attached hydrogens (primary N) is 1. The lowest BCUT2D eigenvalue weighted by Crippen LogP contribution is -2.05. The lowest BCUT2D eigenvalue weighted by molar-refractivity contribution is 0.365. The molecule has 1 aromatic carbocycles. The quantitative estimate of drug-likeness (QED) is 0.883. The van der Waals surface area contributed by atoms with Gasteiger partial charge in [0.1, 0.15) is 0 Å². The molecule has 0 saturated heterocycles. The molecule has 2 rings (SSSR count). The molecule has 2 unspecified atom stereocenters. The molecule has 0 spiro atoms. The number of benzene rings is 1. The monoisotopic (exact) mass is 241 g/mol. The number of hydrogen-bond acceptors (Lipinski definition) is 2. The van der Waals surface area contributed by atoms with Crippen LogP contribution < -0.4 is 10.5 Å². The topological polar surface area (TPSA) is 35.2 Å². The van der Waals surface area contributed by atoms with Gasteiger partial charge in [-0.05, 0) is 29.9 Å². The molecule has 4 heteroatoms. The van der Waals surface area contributed by atoms with Gasteiger partial charge in [0.05, 0.1) is 7.11 Å². The SMILES string of the molecule is COc1c(C2C(CN)C2(C)C)ccc(F)c1F. The lowest BCUT2D eigenvalue weighted by atomic mass is 10.0. The summed E-state index contributed by atoms with van der Waals surface area (Å²) in [6, 6.07) is 2.74. The number of methoxy groups -OCH3 is 1. The van der Waals surface area contributed by atoms with E-state index in [0.717, 1.165) is 6.07 Å². The summed E-state index contributed by atoms with van der Waals surface area (Å²) in [7, 11) is 1.36. The third kappa shape index (κ3) is 1.71. The highest BCUT2D eigenvalue weighted by Crippen LogP contribution is 2.65. The molecule has 0 radical (unpaired) electrons. The molecule has 0 heterocycles. The van der Waals surface area contributed by atoms with Gasteiger partial charge in [0.25, 0.3) is 0 Å². The van der Waals surface area contributed by atoms with Crippen LogP contribution in [-0.4, -0.2) is 13.7 Å². The molecule has 2 N–H and O–H groups in total. The summed E-state index contributed by atoms with van der Waals surface area (Å²) >= 11 is 0. The second-order valence-electron chi connectivity index (χ2n) is 5.13. The smallest absolute Gasteiger partial charge is 0.200 e. The Morgan fingerprint density at radius 2 is 2.00 bits per heavy atom. The van der Waals surface area contributed by atoms with Gasteiger partial charge in [-0.2, -0.15) is 4.39 Å². The second kappa shape index (κ2) is 3.95. The van der Waals surface area contributed by atoms with Crippen LogP contribution in [0.15, 0.2) is 12.1 Å². The van der Waals surface area contributed by atoms with E-state index in [9.17, 15) is 8.78 Å². The normalized spacial score (nSPS) is 25.8. The van der Waals surface area contributed by atoms with Gasteiger partial charge < -0.3 is 10.5 Å². The van der Waals surface area contributed by atoms with Crippen molar-refractivity contribution < 1.29 is 13.5 Å². The van der Waals surface area contributed by atoms with E-state index < -0.39 is 11.6 Å². The number of hydrogen-bond donors (Lipinski definition) is 1. The van der Waals surface area contributed by atoms with Gasteiger partial charge in [0.2, 0.25) is 5.82 Å². The van der Waals surface area contributed by atoms with Crippen LogP contribution in [0.2, 0.25) is 0 Å². The zero-order valence-corrected chi connectivity index (χ0v) is 10.3. The molecule has 2 atom stereocenters. The van der Waals surface area contributed by atoms with Crippen LogP contribution in [0.25, 0.3) is 0 Å². The fourth-order valence-electron chi connectivity index (χ4n) is 2.80. The van der Waals surface area contributed by atoms with Gasteiger partial charge in [0, 0.05) is 5.56 Å². The summed E-state index contributed by atoms with van der Waals surface area (Å²) < 4.78 is 31.7. The summed E-state index contributed by atoms with van der Waals surface area (Å²) in [5, 5.41) is 0. The predicted octanol–water partition coefficient (Wildman–Crippen LogP) is 2.67. The molecule has 1 aromatic rings. The zero-order chi connectivity index (χ0) is 12.8. The van der Waals surface area contributed by atoms with Crippen molar-refractivity contribution in [3.8, 4) is 5.75 Å². The zero-order valence-electron chi connectivity index (χ0n) is 10.3. The number of halogens is 2. The van der Waals surface area contributed by atoms with Crippen molar-refractivity contribution in [3.63, 3.8) is 0 Å². The summed E-state index contributed by atoms with van der Waals surface area (Å²) in [6.07, 6.45) is 0. The largest absolute Gasteiger partial charge is 0.493 e. The fraction of sp³-hybridized carbons (Fsp3) is 0.538. The molecule has 0 aliphatic heterocycles. The Kier molecular flexibility index (Phi) is 2.86. The molecular weight excluding hydrogens is 224 g/mol. The van der Waals surface area contributed by atoms with Crippen LogP contribution in [0.3, 0.4) is 0 Å². The molecule has 17 heavy (non-hydrogen) atoms. The molecule has 1 aliphatic carbocycles. The maximum Gasteiger partial charge on any atom is 0.200 e. The Bertz CT molecular complexity index is 445. The van der Waals surface area contributed by atoms with Gasteiger partial charge in [-0.3, -0.25) is 0 Å². The molecule has 0 bridgehead atoms. The fourth-order valence-corrected chi connectivity index (χ4v) is 2.80. The van der Waals surface area contributed by atoms with Crippen molar-refractivity contribution in [2.45, 2.75) is 19.8 Å². The van der Waals surface area contributed by atoms with Crippen LogP contribution in [0.1, 0.15) is 25.3 Å². The van der Waals surface area contributed by atoms with Crippen molar-refractivity contribution in [2.24, 2.45) is 17.1 Å². The minimum Gasteiger partial charge on any atom is -0.493 e. The first-order valence-corrected chi connectivity index (χ1v) is 5.67. The Morgan fingerprint density at radius 3 is 2.47 bits per heavy atom. The molecule has 1 aliphatic rings. The van der Waals surface area contributed by atoms with E-state index in [1.807, 2.05) is 0 Å². The molecular formula is C13H17F2NO. The van der Waals surface area contributed by atoms with Gasteiger partial charge in [-0.25, -0.2) is 4.39 Å². The summed E-state index contributed by atoms with van der Waals surface area (Å²) in [5.41, 5.74) is 6.42. The highest BCUT2D eigenvalue weighted by Gasteiger charge is 2.58. The Morgan fingerprint density at radius 1 is 1.35 bits per heavy atom. The van der Waals surface area contributed by atoms with Crippen molar-refractivity contribution in [1.82, 2.24) is 0 Å². The minimum atomic E-state index is -0.913. The molecule has 1 fully saturated rings. The van der Waals surface area contributed by atoms with E-state index in [2.05, 4.69) is 13.8 Å². The first kappa shape index (κ1) is 12.3. The maximum atomic E-state index is 13.6. The Labute approximate surface area is 99.8 Å². The first-order chi connectivity index (χ1) is 7.95. The number of rotatable bonds is 3. The molecule has 94 valence electrons. The summed E-state index contributed by atoms with van der Waals surface area (Å²) in [4.78, 5) is 0. The van der Waals surface area contributed by atoms with Crippen LogP contribution in [-0.2, 0) is 0 Å². The molecule has 0 aromatic heterocycles. The third-order valence-corrected chi connectivity index (χ3v) is 3.92. The van der Waals surface area contributed by atoms with Crippen LogP contribution in [0.4, 0.5) is 8.78 Å². The van der Waals surface area contributed by atoms with E-state index in [4.69, 9.17) is 10.5 Å². The number of ether oxygens (including phenoxy) is 1. The van der Waals surface area contributed by atoms with E-state index in [1.165, 1.54) is 7.11 Å².